The molecule has 10 nitrogen and oxygen atoms in total. The lowest BCUT2D eigenvalue weighted by Gasteiger charge is -2.37. The molecule has 3 atom stereocenters. The van der Waals surface area contributed by atoms with Crippen molar-refractivity contribution in [2.45, 2.75) is 52.2 Å². The van der Waals surface area contributed by atoms with Gasteiger partial charge in [0, 0.05) is 38.2 Å². The minimum absolute atomic E-state index is 0.0434. The third-order valence-corrected chi connectivity index (χ3v) is 6.99. The van der Waals surface area contributed by atoms with Crippen LogP contribution in [0.5, 0.6) is 0 Å². The molecule has 4 rings (SSSR count). The molecule has 2 unspecified atom stereocenters. The van der Waals surface area contributed by atoms with Crippen LogP contribution in [0.4, 0.5) is 0 Å². The molecule has 3 heterocycles. The molecular weight excluding hydrogens is 446 g/mol. The molecule has 1 aromatic carbocycles. The van der Waals surface area contributed by atoms with E-state index in [9.17, 15) is 14.4 Å². The summed E-state index contributed by atoms with van der Waals surface area (Å²) in [6, 6.07) is 7.47. The molecule has 1 saturated heterocycles. The topological polar surface area (TPSA) is 134 Å². The van der Waals surface area contributed by atoms with Crippen molar-refractivity contribution < 1.29 is 14.4 Å². The lowest BCUT2D eigenvalue weighted by atomic mass is 9.74. The third-order valence-electron chi connectivity index (χ3n) is 6.99. The van der Waals surface area contributed by atoms with Gasteiger partial charge in [0.1, 0.15) is 5.82 Å². The van der Waals surface area contributed by atoms with Gasteiger partial charge in [-0.3, -0.25) is 19.8 Å². The van der Waals surface area contributed by atoms with E-state index in [-0.39, 0.29) is 40.9 Å². The van der Waals surface area contributed by atoms with Crippen LogP contribution in [0.15, 0.2) is 24.3 Å². The largest absolute Gasteiger partial charge is 0.364 e. The molecule has 0 saturated carbocycles. The SMILES string of the molecule is CNC(=O)[C@H](C1CCN(C)Cc2c(C(N)=O)nc(-c3ccc(C4CC(=O)NN4)cc3)n21)C(C)(C)C. The fourth-order valence-electron chi connectivity index (χ4n) is 5.33. The number of rotatable bonds is 5. The lowest BCUT2D eigenvalue weighted by molar-refractivity contribution is -0.130. The number of nitrogens with two attached hydrogens (primary N) is 1. The number of benzene rings is 1. The summed E-state index contributed by atoms with van der Waals surface area (Å²) in [5, 5.41) is 2.84. The summed E-state index contributed by atoms with van der Waals surface area (Å²) in [6.45, 7) is 7.45. The fraction of sp³-hybridized carbons (Fsp3) is 0.520. The van der Waals surface area contributed by atoms with Crippen molar-refractivity contribution >= 4 is 17.7 Å². The average Bonchev–Trinajstić information content (AvgIpc) is 3.35. The van der Waals surface area contributed by atoms with Crippen LogP contribution >= 0.6 is 0 Å². The van der Waals surface area contributed by atoms with Gasteiger partial charge in [0.15, 0.2) is 5.69 Å². The summed E-state index contributed by atoms with van der Waals surface area (Å²) >= 11 is 0. The van der Waals surface area contributed by atoms with Crippen molar-refractivity contribution in [2.75, 3.05) is 20.6 Å². The van der Waals surface area contributed by atoms with Crippen molar-refractivity contribution in [3.8, 4) is 11.4 Å². The number of nitrogens with one attached hydrogen (secondary N) is 3. The Kier molecular flexibility index (Phi) is 6.70. The summed E-state index contributed by atoms with van der Waals surface area (Å²) < 4.78 is 2.07. The van der Waals surface area contributed by atoms with Crippen molar-refractivity contribution in [3.05, 3.63) is 41.2 Å². The van der Waals surface area contributed by atoms with Gasteiger partial charge in [0.05, 0.1) is 17.7 Å². The van der Waals surface area contributed by atoms with Crippen LogP contribution in [0.25, 0.3) is 11.4 Å². The normalized spacial score (nSPS) is 21.7. The number of hydrazine groups is 1. The van der Waals surface area contributed by atoms with Crippen LogP contribution in [-0.4, -0.2) is 52.8 Å². The van der Waals surface area contributed by atoms with Gasteiger partial charge in [-0.1, -0.05) is 45.0 Å². The van der Waals surface area contributed by atoms with Crippen LogP contribution in [0.3, 0.4) is 0 Å². The molecule has 3 amide bonds. The standard InChI is InChI=1S/C25H35N7O3/c1-25(2,3)20(24(35)27-4)17-10-11-31(5)13-18-21(22(26)34)28-23(32(17)18)15-8-6-14(7-9-15)16-12-19(33)30-29-16/h6-9,16-17,20,29H,10-13H2,1-5H3,(H2,26,34)(H,27,35)(H,30,33)/t16?,17?,20-/m0/s1. The molecular formula is C25H35N7O3. The number of primary amides is 1. The Morgan fingerprint density at radius 1 is 1.23 bits per heavy atom. The molecule has 35 heavy (non-hydrogen) atoms. The molecule has 1 fully saturated rings. The van der Waals surface area contributed by atoms with E-state index in [2.05, 4.69) is 46.4 Å². The van der Waals surface area contributed by atoms with Crippen LogP contribution in [0.1, 0.15) is 67.4 Å². The average molecular weight is 482 g/mol. The third kappa shape index (κ3) is 4.81. The number of aromatic nitrogens is 2. The maximum absolute atomic E-state index is 13.2. The predicted octanol–water partition coefficient (Wildman–Crippen LogP) is 1.50. The lowest BCUT2D eigenvalue weighted by Crippen LogP contribution is -2.42. The van der Waals surface area contributed by atoms with Crippen molar-refractivity contribution in [1.82, 2.24) is 30.6 Å². The molecule has 0 radical (unpaired) electrons. The molecule has 1 aromatic heterocycles. The van der Waals surface area contributed by atoms with Crippen molar-refractivity contribution in [3.63, 3.8) is 0 Å². The van der Waals surface area contributed by atoms with E-state index < -0.39 is 5.91 Å². The number of fused-ring (bicyclic) bond motifs is 1. The first-order chi connectivity index (χ1) is 16.5. The number of hydrogen-bond acceptors (Lipinski definition) is 6. The zero-order valence-corrected chi connectivity index (χ0v) is 21.0. The molecule has 2 aliphatic heterocycles. The van der Waals surface area contributed by atoms with Crippen LogP contribution in [0, 0.1) is 11.3 Å². The Balaban J connectivity index is 1.86. The van der Waals surface area contributed by atoms with Crippen LogP contribution in [0.2, 0.25) is 0 Å². The Bertz CT molecular complexity index is 1130. The first-order valence-corrected chi connectivity index (χ1v) is 12.0. The van der Waals surface area contributed by atoms with Gasteiger partial charge in [0.2, 0.25) is 11.8 Å². The molecule has 5 N–H and O–H groups in total. The highest BCUT2D eigenvalue weighted by molar-refractivity contribution is 5.93. The highest BCUT2D eigenvalue weighted by atomic mass is 16.2. The summed E-state index contributed by atoms with van der Waals surface area (Å²) in [4.78, 5) is 44.1. The van der Waals surface area contributed by atoms with E-state index in [1.54, 1.807) is 7.05 Å². The maximum Gasteiger partial charge on any atom is 0.269 e. The van der Waals surface area contributed by atoms with E-state index in [1.165, 1.54) is 0 Å². The zero-order chi connectivity index (χ0) is 25.5. The van der Waals surface area contributed by atoms with Crippen LogP contribution in [-0.2, 0) is 16.1 Å². The maximum atomic E-state index is 13.2. The second kappa shape index (κ2) is 9.43. The van der Waals surface area contributed by atoms with Crippen molar-refractivity contribution in [2.24, 2.45) is 17.1 Å². The zero-order valence-electron chi connectivity index (χ0n) is 21.0. The number of carbonyl (C=O) groups is 3. The summed E-state index contributed by atoms with van der Waals surface area (Å²) in [5.74, 6) is -0.410. The minimum Gasteiger partial charge on any atom is -0.364 e. The smallest absolute Gasteiger partial charge is 0.269 e. The highest BCUT2D eigenvalue weighted by Crippen LogP contribution is 2.42. The molecule has 0 bridgehead atoms. The van der Waals surface area contributed by atoms with Crippen molar-refractivity contribution in [1.29, 1.82) is 0 Å². The summed E-state index contributed by atoms with van der Waals surface area (Å²) in [6.07, 6.45) is 1.09. The van der Waals surface area contributed by atoms with Gasteiger partial charge in [0.25, 0.3) is 5.91 Å². The van der Waals surface area contributed by atoms with E-state index in [0.717, 1.165) is 29.8 Å². The van der Waals surface area contributed by atoms with E-state index in [0.29, 0.717) is 18.8 Å². The van der Waals surface area contributed by atoms with Gasteiger partial charge in [-0.25, -0.2) is 10.4 Å². The molecule has 10 heteroatoms. The van der Waals surface area contributed by atoms with Gasteiger partial charge in [-0.2, -0.15) is 0 Å². The van der Waals surface area contributed by atoms with Crippen LogP contribution < -0.4 is 21.9 Å². The Hall–Kier alpha value is -3.24. The number of hydrogen-bond donors (Lipinski definition) is 4. The first kappa shape index (κ1) is 24.9. The van der Waals surface area contributed by atoms with E-state index in [4.69, 9.17) is 10.7 Å². The van der Waals surface area contributed by atoms with E-state index >= 15 is 0 Å². The molecule has 0 aliphatic carbocycles. The second-order valence-electron chi connectivity index (χ2n) is 10.6. The molecule has 2 aromatic rings. The summed E-state index contributed by atoms with van der Waals surface area (Å²) in [7, 11) is 3.65. The number of carbonyl (C=O) groups excluding carboxylic acids is 3. The highest BCUT2D eigenvalue weighted by Gasteiger charge is 2.42. The van der Waals surface area contributed by atoms with Gasteiger partial charge >= 0.3 is 0 Å². The summed E-state index contributed by atoms with van der Waals surface area (Å²) in [5.41, 5.74) is 13.8. The Labute approximate surface area is 205 Å². The molecule has 188 valence electrons. The van der Waals surface area contributed by atoms with Gasteiger partial charge < -0.3 is 20.5 Å². The van der Waals surface area contributed by atoms with Gasteiger partial charge in [-0.15, -0.1) is 0 Å². The van der Waals surface area contributed by atoms with Gasteiger partial charge in [-0.05, 0) is 24.4 Å². The quantitative estimate of drug-likeness (QED) is 0.511. The first-order valence-electron chi connectivity index (χ1n) is 12.0. The number of amides is 3. The molecule has 2 aliphatic rings. The minimum atomic E-state index is -0.585. The Morgan fingerprint density at radius 3 is 2.46 bits per heavy atom. The number of imidazole rings is 1. The predicted molar refractivity (Wildman–Crippen MR) is 132 cm³/mol. The second-order valence-corrected chi connectivity index (χ2v) is 10.6. The molecule has 0 spiro atoms. The monoisotopic (exact) mass is 481 g/mol. The van der Waals surface area contributed by atoms with E-state index in [1.807, 2.05) is 31.3 Å². The Morgan fingerprint density at radius 2 is 1.91 bits per heavy atom. The number of nitrogens with zero attached hydrogens (tertiary/aromatic N) is 3. The fourth-order valence-corrected chi connectivity index (χ4v) is 5.33.